The van der Waals surface area contributed by atoms with Gasteiger partial charge in [-0.05, 0) is 38.9 Å². The van der Waals surface area contributed by atoms with Crippen LogP contribution in [0.4, 0.5) is 0 Å². The second kappa shape index (κ2) is 7.21. The van der Waals surface area contributed by atoms with Crippen molar-refractivity contribution in [2.24, 2.45) is 0 Å². The zero-order chi connectivity index (χ0) is 10.2. The largest absolute Gasteiger partial charge is 0.396 e. The molecule has 2 N–H and O–H groups in total. The molecule has 1 saturated heterocycles. The maximum atomic E-state index is 8.93. The summed E-state index contributed by atoms with van der Waals surface area (Å²) in [4.78, 5) is 2.52. The first-order valence-electron chi connectivity index (χ1n) is 5.93. The molecule has 1 rings (SSSR count). The van der Waals surface area contributed by atoms with Crippen molar-refractivity contribution in [3.8, 4) is 0 Å². The van der Waals surface area contributed by atoms with Crippen LogP contribution in [0, 0.1) is 0 Å². The van der Waals surface area contributed by atoms with Crippen LogP contribution >= 0.6 is 0 Å². The van der Waals surface area contributed by atoms with Crippen molar-refractivity contribution in [1.29, 1.82) is 0 Å². The van der Waals surface area contributed by atoms with E-state index in [-0.39, 0.29) is 0 Å². The minimum absolute atomic E-state index is 0.297. The number of aliphatic hydroxyl groups excluding tert-OH is 1. The van der Waals surface area contributed by atoms with Gasteiger partial charge in [0.15, 0.2) is 0 Å². The fourth-order valence-electron chi connectivity index (χ4n) is 2.16. The van der Waals surface area contributed by atoms with Crippen molar-refractivity contribution in [3.63, 3.8) is 0 Å². The average Bonchev–Trinajstić information content (AvgIpc) is 2.20. The molecule has 0 radical (unpaired) electrons. The molecular formula is C11H24N2O. The maximum absolute atomic E-state index is 8.93. The molecule has 0 aromatic rings. The molecule has 1 aliphatic heterocycles. The smallest absolute Gasteiger partial charge is 0.0446 e. The quantitative estimate of drug-likeness (QED) is 0.667. The summed E-state index contributed by atoms with van der Waals surface area (Å²) in [6.45, 7) is 7.01. The highest BCUT2D eigenvalue weighted by molar-refractivity contribution is 4.73. The van der Waals surface area contributed by atoms with Gasteiger partial charge in [-0.1, -0.05) is 13.3 Å². The van der Waals surface area contributed by atoms with Crippen molar-refractivity contribution >= 4 is 0 Å². The molecule has 0 bridgehead atoms. The van der Waals surface area contributed by atoms with Crippen molar-refractivity contribution in [2.75, 3.05) is 32.8 Å². The number of piperidine rings is 1. The minimum atomic E-state index is 0.297. The van der Waals surface area contributed by atoms with Crippen LogP contribution in [0.15, 0.2) is 0 Å². The van der Waals surface area contributed by atoms with Crippen LogP contribution in [-0.4, -0.2) is 48.8 Å². The molecule has 84 valence electrons. The molecule has 0 aromatic carbocycles. The molecule has 0 spiro atoms. The lowest BCUT2D eigenvalue weighted by molar-refractivity contribution is 0.185. The Kier molecular flexibility index (Phi) is 6.15. The van der Waals surface area contributed by atoms with E-state index >= 15 is 0 Å². The molecule has 0 aromatic heterocycles. The first-order valence-corrected chi connectivity index (χ1v) is 5.93. The number of hydrogen-bond acceptors (Lipinski definition) is 3. The van der Waals surface area contributed by atoms with Gasteiger partial charge in [-0.3, -0.25) is 0 Å². The first-order chi connectivity index (χ1) is 6.86. The lowest BCUT2D eigenvalue weighted by Crippen LogP contribution is -2.43. The molecule has 1 unspecified atom stereocenters. The van der Waals surface area contributed by atoms with Gasteiger partial charge in [-0.2, -0.15) is 0 Å². The van der Waals surface area contributed by atoms with E-state index in [9.17, 15) is 0 Å². The summed E-state index contributed by atoms with van der Waals surface area (Å²) in [7, 11) is 0. The Balaban J connectivity index is 2.21. The fraction of sp³-hybridized carbons (Fsp3) is 1.00. The van der Waals surface area contributed by atoms with Crippen molar-refractivity contribution < 1.29 is 5.11 Å². The Hall–Kier alpha value is -0.120. The lowest BCUT2D eigenvalue weighted by Gasteiger charge is -2.30. The Morgan fingerprint density at radius 1 is 1.29 bits per heavy atom. The van der Waals surface area contributed by atoms with Crippen LogP contribution in [0.2, 0.25) is 0 Å². The molecule has 0 saturated carbocycles. The highest BCUT2D eigenvalue weighted by Gasteiger charge is 2.14. The van der Waals surface area contributed by atoms with E-state index in [4.69, 9.17) is 5.11 Å². The van der Waals surface area contributed by atoms with Gasteiger partial charge in [0.2, 0.25) is 0 Å². The van der Waals surface area contributed by atoms with E-state index in [1.54, 1.807) is 0 Å². The number of hydrogen-bond donors (Lipinski definition) is 2. The van der Waals surface area contributed by atoms with Gasteiger partial charge < -0.3 is 15.3 Å². The van der Waals surface area contributed by atoms with Crippen LogP contribution in [0.1, 0.15) is 32.6 Å². The minimum Gasteiger partial charge on any atom is -0.396 e. The monoisotopic (exact) mass is 200 g/mol. The number of aliphatic hydroxyl groups is 1. The third-order valence-electron chi connectivity index (χ3n) is 2.90. The van der Waals surface area contributed by atoms with Gasteiger partial charge in [0.1, 0.15) is 0 Å². The van der Waals surface area contributed by atoms with E-state index in [0.717, 1.165) is 19.5 Å². The van der Waals surface area contributed by atoms with E-state index in [1.165, 1.54) is 32.4 Å². The van der Waals surface area contributed by atoms with E-state index in [2.05, 4.69) is 17.1 Å². The topological polar surface area (TPSA) is 35.5 Å². The van der Waals surface area contributed by atoms with Gasteiger partial charge >= 0.3 is 0 Å². The highest BCUT2D eigenvalue weighted by Crippen LogP contribution is 2.09. The summed E-state index contributed by atoms with van der Waals surface area (Å²) in [6, 6.07) is 0.475. The number of nitrogens with one attached hydrogen (secondary N) is 1. The van der Waals surface area contributed by atoms with Crippen LogP contribution in [0.3, 0.4) is 0 Å². The summed E-state index contributed by atoms with van der Waals surface area (Å²) >= 11 is 0. The Labute approximate surface area is 87.5 Å². The van der Waals surface area contributed by atoms with Crippen LogP contribution in [0.25, 0.3) is 0 Å². The second-order valence-corrected chi connectivity index (χ2v) is 4.13. The molecule has 0 aliphatic carbocycles. The zero-order valence-electron chi connectivity index (χ0n) is 9.34. The van der Waals surface area contributed by atoms with Gasteiger partial charge in [-0.15, -0.1) is 0 Å². The molecule has 1 atom stereocenters. The van der Waals surface area contributed by atoms with Crippen LogP contribution in [-0.2, 0) is 0 Å². The van der Waals surface area contributed by atoms with E-state index < -0.39 is 0 Å². The van der Waals surface area contributed by atoms with Crippen LogP contribution in [0.5, 0.6) is 0 Å². The molecule has 0 amide bonds. The molecule has 1 heterocycles. The van der Waals surface area contributed by atoms with E-state index in [0.29, 0.717) is 12.6 Å². The van der Waals surface area contributed by atoms with Gasteiger partial charge in [-0.25, -0.2) is 0 Å². The fourth-order valence-corrected chi connectivity index (χ4v) is 2.16. The number of likely N-dealkylation sites (tertiary alicyclic amines) is 1. The lowest BCUT2D eigenvalue weighted by atomic mass is 10.1. The summed E-state index contributed by atoms with van der Waals surface area (Å²) in [6.07, 6.45) is 4.96. The second-order valence-electron chi connectivity index (χ2n) is 4.13. The third kappa shape index (κ3) is 4.40. The number of likely N-dealkylation sites (N-methyl/N-ethyl adjacent to an activating group) is 1. The van der Waals surface area contributed by atoms with Crippen molar-refractivity contribution in [3.05, 3.63) is 0 Å². The Morgan fingerprint density at radius 3 is 2.57 bits per heavy atom. The van der Waals surface area contributed by atoms with Crippen LogP contribution < -0.4 is 5.32 Å². The SMILES string of the molecule is CCNC(CCO)CN1CCCCC1. The first kappa shape index (κ1) is 12.0. The zero-order valence-corrected chi connectivity index (χ0v) is 9.34. The summed E-state index contributed by atoms with van der Waals surface area (Å²) in [5.41, 5.74) is 0. The summed E-state index contributed by atoms with van der Waals surface area (Å²) in [5.74, 6) is 0. The van der Waals surface area contributed by atoms with Gasteiger partial charge in [0.25, 0.3) is 0 Å². The number of nitrogens with zero attached hydrogens (tertiary/aromatic N) is 1. The Morgan fingerprint density at radius 2 is 2.00 bits per heavy atom. The summed E-state index contributed by atoms with van der Waals surface area (Å²) in [5, 5.41) is 12.4. The molecular weight excluding hydrogens is 176 g/mol. The standard InChI is InChI=1S/C11H24N2O/c1-2-12-11(6-9-14)10-13-7-4-3-5-8-13/h11-12,14H,2-10H2,1H3. The number of rotatable bonds is 6. The molecule has 3 heteroatoms. The predicted octanol–water partition coefficient (Wildman–Crippen LogP) is 0.833. The highest BCUT2D eigenvalue weighted by atomic mass is 16.3. The average molecular weight is 200 g/mol. The van der Waals surface area contributed by atoms with Crippen molar-refractivity contribution in [2.45, 2.75) is 38.6 Å². The molecule has 14 heavy (non-hydrogen) atoms. The Bertz CT molecular complexity index is 129. The summed E-state index contributed by atoms with van der Waals surface area (Å²) < 4.78 is 0. The normalized spacial score (nSPS) is 21.0. The van der Waals surface area contributed by atoms with E-state index in [1.807, 2.05) is 0 Å². The molecule has 3 nitrogen and oxygen atoms in total. The van der Waals surface area contributed by atoms with Gasteiger partial charge in [0.05, 0.1) is 0 Å². The molecule has 1 aliphatic rings. The predicted molar refractivity (Wildman–Crippen MR) is 59.5 cm³/mol. The van der Waals surface area contributed by atoms with Gasteiger partial charge in [0, 0.05) is 19.2 Å². The van der Waals surface area contributed by atoms with Crippen molar-refractivity contribution in [1.82, 2.24) is 10.2 Å². The maximum Gasteiger partial charge on any atom is 0.0446 e. The third-order valence-corrected chi connectivity index (χ3v) is 2.90. The molecule has 1 fully saturated rings.